The first-order chi connectivity index (χ1) is 12.9. The molecule has 1 heterocycles. The van der Waals surface area contributed by atoms with Gasteiger partial charge in [-0.05, 0) is 50.6 Å². The largest absolute Gasteiger partial charge is 0.478 e. The van der Waals surface area contributed by atoms with Crippen molar-refractivity contribution in [3.8, 4) is 5.69 Å². The van der Waals surface area contributed by atoms with Crippen molar-refractivity contribution in [3.63, 3.8) is 0 Å². The van der Waals surface area contributed by atoms with Gasteiger partial charge in [0.15, 0.2) is 0 Å². The van der Waals surface area contributed by atoms with Gasteiger partial charge in [0.2, 0.25) is 0 Å². The van der Waals surface area contributed by atoms with E-state index in [-0.39, 0.29) is 0 Å². The number of aromatic nitrogens is 1. The van der Waals surface area contributed by atoms with Crippen molar-refractivity contribution in [2.75, 3.05) is 0 Å². The highest BCUT2D eigenvalue weighted by Gasteiger charge is 2.23. The van der Waals surface area contributed by atoms with Gasteiger partial charge in [0.1, 0.15) is 0 Å². The van der Waals surface area contributed by atoms with Crippen LogP contribution in [0.3, 0.4) is 0 Å². The van der Waals surface area contributed by atoms with Gasteiger partial charge in [-0.3, -0.25) is 0 Å². The van der Waals surface area contributed by atoms with Gasteiger partial charge in [-0.1, -0.05) is 45.8 Å². The number of hydrogen-bond acceptors (Lipinski definition) is 2. The van der Waals surface area contributed by atoms with Crippen LogP contribution in [0, 0.1) is 20.8 Å². The molecular formula is C22H23BrN2O2. The highest BCUT2D eigenvalue weighted by atomic mass is 79.9. The number of halogens is 1. The third-order valence-electron chi connectivity index (χ3n) is 4.80. The van der Waals surface area contributed by atoms with Crippen molar-refractivity contribution < 1.29 is 9.90 Å². The SMILES string of the molecule is Cc1ccc(-n2c(C)c(CNCc3cccc(Br)c3)c(C(=O)O)c2C)cc1. The molecule has 0 bridgehead atoms. The minimum Gasteiger partial charge on any atom is -0.478 e. The smallest absolute Gasteiger partial charge is 0.337 e. The van der Waals surface area contributed by atoms with Crippen LogP contribution in [0.1, 0.15) is 38.4 Å². The minimum atomic E-state index is -0.888. The summed E-state index contributed by atoms with van der Waals surface area (Å²) in [5.74, 6) is -0.888. The summed E-state index contributed by atoms with van der Waals surface area (Å²) in [5.41, 5.74) is 6.23. The van der Waals surface area contributed by atoms with Gasteiger partial charge < -0.3 is 15.0 Å². The van der Waals surface area contributed by atoms with Gasteiger partial charge in [-0.2, -0.15) is 0 Å². The second-order valence-electron chi connectivity index (χ2n) is 6.73. The Labute approximate surface area is 168 Å². The monoisotopic (exact) mass is 426 g/mol. The maximum absolute atomic E-state index is 11.9. The molecule has 0 saturated heterocycles. The van der Waals surface area contributed by atoms with Crippen molar-refractivity contribution in [2.45, 2.75) is 33.9 Å². The Morgan fingerprint density at radius 1 is 1.04 bits per heavy atom. The van der Waals surface area contributed by atoms with E-state index >= 15 is 0 Å². The third-order valence-corrected chi connectivity index (χ3v) is 5.29. The molecule has 0 saturated carbocycles. The number of carbonyl (C=O) groups is 1. The number of aryl methyl sites for hydroxylation is 1. The molecule has 140 valence electrons. The molecule has 4 nitrogen and oxygen atoms in total. The van der Waals surface area contributed by atoms with E-state index in [0.29, 0.717) is 18.7 Å². The topological polar surface area (TPSA) is 54.3 Å². The Morgan fingerprint density at radius 3 is 2.37 bits per heavy atom. The molecule has 0 radical (unpaired) electrons. The number of nitrogens with one attached hydrogen (secondary N) is 1. The number of rotatable bonds is 6. The average Bonchev–Trinajstić information content (AvgIpc) is 2.86. The number of carboxylic acid groups (broad SMARTS) is 1. The van der Waals surface area contributed by atoms with E-state index in [1.165, 1.54) is 5.56 Å². The van der Waals surface area contributed by atoms with Gasteiger partial charge in [0.25, 0.3) is 0 Å². The van der Waals surface area contributed by atoms with E-state index in [4.69, 9.17) is 0 Å². The zero-order valence-corrected chi connectivity index (χ0v) is 17.3. The van der Waals surface area contributed by atoms with Gasteiger partial charge in [-0.25, -0.2) is 4.79 Å². The van der Waals surface area contributed by atoms with E-state index in [2.05, 4.69) is 27.3 Å². The fourth-order valence-electron chi connectivity index (χ4n) is 3.46. The molecule has 5 heteroatoms. The van der Waals surface area contributed by atoms with Crippen molar-refractivity contribution in [1.82, 2.24) is 9.88 Å². The summed E-state index contributed by atoms with van der Waals surface area (Å²) in [6, 6.07) is 16.2. The maximum atomic E-state index is 11.9. The molecule has 3 rings (SSSR count). The van der Waals surface area contributed by atoms with Crippen LogP contribution in [-0.2, 0) is 13.1 Å². The van der Waals surface area contributed by atoms with Gasteiger partial charge in [0.05, 0.1) is 5.56 Å². The lowest BCUT2D eigenvalue weighted by Gasteiger charge is -2.10. The van der Waals surface area contributed by atoms with E-state index in [0.717, 1.165) is 32.7 Å². The molecule has 0 fully saturated rings. The maximum Gasteiger partial charge on any atom is 0.337 e. The van der Waals surface area contributed by atoms with Gasteiger partial charge in [0, 0.05) is 40.2 Å². The van der Waals surface area contributed by atoms with Gasteiger partial charge >= 0.3 is 5.97 Å². The van der Waals surface area contributed by atoms with E-state index in [1.54, 1.807) is 0 Å². The summed E-state index contributed by atoms with van der Waals surface area (Å²) >= 11 is 3.48. The highest BCUT2D eigenvalue weighted by Crippen LogP contribution is 2.27. The lowest BCUT2D eigenvalue weighted by molar-refractivity contribution is 0.0695. The highest BCUT2D eigenvalue weighted by molar-refractivity contribution is 9.10. The Morgan fingerprint density at radius 2 is 1.74 bits per heavy atom. The summed E-state index contributed by atoms with van der Waals surface area (Å²) in [6.07, 6.45) is 0. The second-order valence-corrected chi connectivity index (χ2v) is 7.65. The lowest BCUT2D eigenvalue weighted by atomic mass is 10.1. The summed E-state index contributed by atoms with van der Waals surface area (Å²) in [7, 11) is 0. The molecule has 0 aliphatic heterocycles. The Balaban J connectivity index is 1.91. The fraction of sp³-hybridized carbons (Fsp3) is 0.227. The summed E-state index contributed by atoms with van der Waals surface area (Å²) in [6.45, 7) is 7.06. The van der Waals surface area contributed by atoms with E-state index in [1.807, 2.05) is 67.8 Å². The molecule has 0 unspecified atom stereocenters. The number of benzene rings is 2. The zero-order chi connectivity index (χ0) is 19.6. The number of nitrogens with zero attached hydrogens (tertiary/aromatic N) is 1. The second kappa shape index (κ2) is 8.11. The summed E-state index contributed by atoms with van der Waals surface area (Å²) < 4.78 is 3.06. The van der Waals surface area contributed by atoms with E-state index < -0.39 is 5.97 Å². The quantitative estimate of drug-likeness (QED) is 0.572. The number of carboxylic acids is 1. The van der Waals surface area contributed by atoms with Crippen LogP contribution in [0.2, 0.25) is 0 Å². The van der Waals surface area contributed by atoms with Crippen LogP contribution in [0.5, 0.6) is 0 Å². The molecule has 3 aromatic rings. The Kier molecular flexibility index (Phi) is 5.82. The first-order valence-corrected chi connectivity index (χ1v) is 9.64. The van der Waals surface area contributed by atoms with Gasteiger partial charge in [-0.15, -0.1) is 0 Å². The lowest BCUT2D eigenvalue weighted by Crippen LogP contribution is -2.15. The zero-order valence-electron chi connectivity index (χ0n) is 15.7. The number of hydrogen-bond donors (Lipinski definition) is 2. The first kappa shape index (κ1) is 19.4. The van der Waals surface area contributed by atoms with Crippen LogP contribution in [0.4, 0.5) is 0 Å². The molecule has 1 aromatic heterocycles. The van der Waals surface area contributed by atoms with E-state index in [9.17, 15) is 9.90 Å². The summed E-state index contributed by atoms with van der Waals surface area (Å²) in [5, 5.41) is 13.2. The molecule has 0 amide bonds. The third kappa shape index (κ3) is 4.15. The van der Waals surface area contributed by atoms with Crippen LogP contribution >= 0.6 is 15.9 Å². The predicted molar refractivity (Wildman–Crippen MR) is 112 cm³/mol. The fourth-order valence-corrected chi connectivity index (χ4v) is 3.90. The molecule has 27 heavy (non-hydrogen) atoms. The van der Waals surface area contributed by atoms with Crippen LogP contribution in [0.15, 0.2) is 53.0 Å². The normalized spacial score (nSPS) is 11.0. The van der Waals surface area contributed by atoms with Crippen LogP contribution < -0.4 is 5.32 Å². The molecular weight excluding hydrogens is 404 g/mol. The molecule has 0 atom stereocenters. The average molecular weight is 427 g/mol. The van der Waals surface area contributed by atoms with Crippen molar-refractivity contribution in [2.24, 2.45) is 0 Å². The molecule has 2 N–H and O–H groups in total. The first-order valence-electron chi connectivity index (χ1n) is 8.84. The Bertz CT molecular complexity index is 975. The summed E-state index contributed by atoms with van der Waals surface area (Å²) in [4.78, 5) is 11.9. The van der Waals surface area contributed by atoms with Crippen molar-refractivity contribution >= 4 is 21.9 Å². The van der Waals surface area contributed by atoms with Crippen molar-refractivity contribution in [3.05, 3.63) is 86.6 Å². The van der Waals surface area contributed by atoms with Crippen molar-refractivity contribution in [1.29, 1.82) is 0 Å². The molecule has 0 aliphatic carbocycles. The number of aromatic carboxylic acids is 1. The molecule has 0 aliphatic rings. The minimum absolute atomic E-state index is 0.384. The van der Waals surface area contributed by atoms with Crippen LogP contribution in [-0.4, -0.2) is 15.6 Å². The predicted octanol–water partition coefficient (Wildman–Crippen LogP) is 5.15. The Hall–Kier alpha value is -2.37. The standard InChI is InChI=1S/C22H23BrN2O2/c1-14-7-9-19(10-8-14)25-15(2)20(21(16(25)3)22(26)27)13-24-12-17-5-4-6-18(23)11-17/h4-11,24H,12-13H2,1-3H3,(H,26,27). The van der Waals surface area contributed by atoms with Crippen LogP contribution in [0.25, 0.3) is 5.69 Å². The molecule has 2 aromatic carbocycles. The molecule has 0 spiro atoms.